The molecule has 1 unspecified atom stereocenters. The molecular weight excluding hydrogens is 186 g/mol. The Kier molecular flexibility index (Phi) is 10.4. The van der Waals surface area contributed by atoms with E-state index in [9.17, 15) is 5.11 Å². The van der Waals surface area contributed by atoms with Crippen LogP contribution in [0.4, 0.5) is 0 Å². The number of aliphatic hydroxyl groups is 1. The second-order valence-corrected chi connectivity index (χ2v) is 4.86. The van der Waals surface area contributed by atoms with Gasteiger partial charge in [-0.25, -0.2) is 0 Å². The van der Waals surface area contributed by atoms with Crippen LogP contribution in [0.2, 0.25) is 0 Å². The topological polar surface area (TPSA) is 32.3 Å². The van der Waals surface area contributed by atoms with Gasteiger partial charge in [0.1, 0.15) is 0 Å². The Morgan fingerprint density at radius 3 is 2.33 bits per heavy atom. The Morgan fingerprint density at radius 1 is 1.07 bits per heavy atom. The lowest BCUT2D eigenvalue weighted by Gasteiger charge is -2.09. The number of unbranched alkanes of at least 4 members (excludes halogenated alkanes) is 3. The molecule has 92 valence electrons. The van der Waals surface area contributed by atoms with Gasteiger partial charge >= 0.3 is 0 Å². The van der Waals surface area contributed by atoms with E-state index >= 15 is 0 Å². The Morgan fingerprint density at radius 2 is 1.73 bits per heavy atom. The third-order valence-corrected chi connectivity index (χ3v) is 2.74. The standard InChI is InChI=1S/C13H29NO/c1-4-13(15)11-14-10-8-6-5-7-9-12(2)3/h12-15H,4-11H2,1-3H3. The van der Waals surface area contributed by atoms with Gasteiger partial charge in [0.05, 0.1) is 6.10 Å². The molecule has 0 aliphatic carbocycles. The normalized spacial score (nSPS) is 13.4. The van der Waals surface area contributed by atoms with E-state index in [1.165, 1.54) is 32.1 Å². The Balaban J connectivity index is 2.99. The number of aliphatic hydroxyl groups excluding tert-OH is 1. The fourth-order valence-corrected chi connectivity index (χ4v) is 1.57. The van der Waals surface area contributed by atoms with Crippen molar-refractivity contribution in [2.45, 2.75) is 65.4 Å². The van der Waals surface area contributed by atoms with Crippen molar-refractivity contribution >= 4 is 0 Å². The van der Waals surface area contributed by atoms with Crippen LogP contribution in [0.15, 0.2) is 0 Å². The second kappa shape index (κ2) is 10.4. The number of nitrogens with one attached hydrogen (secondary N) is 1. The molecule has 0 aromatic rings. The summed E-state index contributed by atoms with van der Waals surface area (Å²) in [7, 11) is 0. The molecule has 0 heterocycles. The Labute approximate surface area is 95.5 Å². The third kappa shape index (κ3) is 11.8. The molecule has 0 amide bonds. The van der Waals surface area contributed by atoms with E-state index in [1.807, 2.05) is 6.92 Å². The third-order valence-electron chi connectivity index (χ3n) is 2.74. The molecule has 0 aromatic heterocycles. The molecule has 2 heteroatoms. The minimum Gasteiger partial charge on any atom is -0.392 e. The smallest absolute Gasteiger partial charge is 0.0662 e. The first-order valence-corrected chi connectivity index (χ1v) is 6.55. The summed E-state index contributed by atoms with van der Waals surface area (Å²) >= 11 is 0. The molecule has 0 spiro atoms. The maximum Gasteiger partial charge on any atom is 0.0662 e. The van der Waals surface area contributed by atoms with Crippen LogP contribution in [-0.2, 0) is 0 Å². The van der Waals surface area contributed by atoms with Gasteiger partial charge in [0.2, 0.25) is 0 Å². The summed E-state index contributed by atoms with van der Waals surface area (Å²) in [4.78, 5) is 0. The molecule has 0 aliphatic heterocycles. The number of rotatable bonds is 10. The van der Waals surface area contributed by atoms with Crippen molar-refractivity contribution in [3.05, 3.63) is 0 Å². The van der Waals surface area contributed by atoms with Gasteiger partial charge in [-0.1, -0.05) is 46.5 Å². The fraction of sp³-hybridized carbons (Fsp3) is 1.00. The number of hydrogen-bond acceptors (Lipinski definition) is 2. The molecule has 0 bridgehead atoms. The van der Waals surface area contributed by atoms with Crippen LogP contribution in [0, 0.1) is 5.92 Å². The molecular formula is C13H29NO. The summed E-state index contributed by atoms with van der Waals surface area (Å²) in [6.45, 7) is 8.39. The van der Waals surface area contributed by atoms with Gasteiger partial charge in [-0.2, -0.15) is 0 Å². The quantitative estimate of drug-likeness (QED) is 0.549. The highest BCUT2D eigenvalue weighted by Crippen LogP contribution is 2.08. The maximum atomic E-state index is 9.30. The van der Waals surface area contributed by atoms with Gasteiger partial charge in [-0.3, -0.25) is 0 Å². The van der Waals surface area contributed by atoms with Crippen LogP contribution in [0.25, 0.3) is 0 Å². The van der Waals surface area contributed by atoms with Crippen LogP contribution in [0.3, 0.4) is 0 Å². The molecule has 0 aliphatic rings. The van der Waals surface area contributed by atoms with Gasteiger partial charge in [-0.05, 0) is 25.3 Å². The SMILES string of the molecule is CCC(O)CNCCCCCCC(C)C. The highest BCUT2D eigenvalue weighted by molar-refractivity contribution is 4.57. The fourth-order valence-electron chi connectivity index (χ4n) is 1.57. The van der Waals surface area contributed by atoms with Gasteiger partial charge in [0.15, 0.2) is 0 Å². The van der Waals surface area contributed by atoms with Crippen LogP contribution in [0.5, 0.6) is 0 Å². The van der Waals surface area contributed by atoms with Crippen molar-refractivity contribution < 1.29 is 5.11 Å². The molecule has 15 heavy (non-hydrogen) atoms. The summed E-state index contributed by atoms with van der Waals surface area (Å²) in [5, 5.41) is 12.6. The van der Waals surface area contributed by atoms with Crippen molar-refractivity contribution in [1.82, 2.24) is 5.32 Å². The lowest BCUT2D eigenvalue weighted by atomic mass is 10.0. The van der Waals surface area contributed by atoms with Crippen LogP contribution >= 0.6 is 0 Å². The second-order valence-electron chi connectivity index (χ2n) is 4.86. The summed E-state index contributed by atoms with van der Waals surface area (Å²) in [6.07, 6.45) is 7.34. The molecule has 1 atom stereocenters. The highest BCUT2D eigenvalue weighted by atomic mass is 16.3. The Hall–Kier alpha value is -0.0800. The van der Waals surface area contributed by atoms with Crippen LogP contribution in [-0.4, -0.2) is 24.3 Å². The molecule has 0 saturated heterocycles. The molecule has 0 saturated carbocycles. The highest BCUT2D eigenvalue weighted by Gasteiger charge is 1.98. The average Bonchev–Trinajstić information content (AvgIpc) is 2.21. The predicted octanol–water partition coefficient (Wildman–Crippen LogP) is 2.95. The lowest BCUT2D eigenvalue weighted by Crippen LogP contribution is -2.26. The molecule has 0 rings (SSSR count). The van der Waals surface area contributed by atoms with Crippen molar-refractivity contribution in [1.29, 1.82) is 0 Å². The van der Waals surface area contributed by atoms with Crippen LogP contribution < -0.4 is 5.32 Å². The molecule has 2 nitrogen and oxygen atoms in total. The lowest BCUT2D eigenvalue weighted by molar-refractivity contribution is 0.167. The Bertz CT molecular complexity index is 126. The first-order valence-electron chi connectivity index (χ1n) is 6.55. The summed E-state index contributed by atoms with van der Waals surface area (Å²) < 4.78 is 0. The van der Waals surface area contributed by atoms with E-state index in [4.69, 9.17) is 0 Å². The van der Waals surface area contributed by atoms with Crippen molar-refractivity contribution in [3.8, 4) is 0 Å². The first kappa shape index (κ1) is 14.9. The molecule has 0 radical (unpaired) electrons. The summed E-state index contributed by atoms with van der Waals surface area (Å²) in [5.74, 6) is 0.850. The molecule has 0 aromatic carbocycles. The van der Waals surface area contributed by atoms with Crippen molar-refractivity contribution in [3.63, 3.8) is 0 Å². The molecule has 2 N–H and O–H groups in total. The van der Waals surface area contributed by atoms with Gasteiger partial charge in [0.25, 0.3) is 0 Å². The van der Waals surface area contributed by atoms with E-state index in [-0.39, 0.29) is 6.10 Å². The minimum absolute atomic E-state index is 0.161. The van der Waals surface area contributed by atoms with Gasteiger partial charge in [-0.15, -0.1) is 0 Å². The van der Waals surface area contributed by atoms with Crippen molar-refractivity contribution in [2.24, 2.45) is 5.92 Å². The van der Waals surface area contributed by atoms with E-state index in [0.717, 1.165) is 25.4 Å². The predicted molar refractivity (Wildman–Crippen MR) is 67.1 cm³/mol. The van der Waals surface area contributed by atoms with E-state index in [0.29, 0.717) is 0 Å². The van der Waals surface area contributed by atoms with Gasteiger partial charge < -0.3 is 10.4 Å². The molecule has 0 fully saturated rings. The summed E-state index contributed by atoms with van der Waals surface area (Å²) in [5.41, 5.74) is 0. The first-order chi connectivity index (χ1) is 7.16. The number of hydrogen-bond donors (Lipinski definition) is 2. The zero-order valence-corrected chi connectivity index (χ0v) is 10.8. The zero-order valence-electron chi connectivity index (χ0n) is 10.8. The monoisotopic (exact) mass is 215 g/mol. The maximum absolute atomic E-state index is 9.30. The minimum atomic E-state index is -0.161. The van der Waals surface area contributed by atoms with E-state index < -0.39 is 0 Å². The largest absolute Gasteiger partial charge is 0.392 e. The van der Waals surface area contributed by atoms with Gasteiger partial charge in [0, 0.05) is 6.54 Å². The van der Waals surface area contributed by atoms with E-state index in [1.54, 1.807) is 0 Å². The van der Waals surface area contributed by atoms with Crippen molar-refractivity contribution in [2.75, 3.05) is 13.1 Å². The summed E-state index contributed by atoms with van der Waals surface area (Å²) in [6, 6.07) is 0. The average molecular weight is 215 g/mol. The van der Waals surface area contributed by atoms with E-state index in [2.05, 4.69) is 19.2 Å². The zero-order chi connectivity index (χ0) is 11.5. The van der Waals surface area contributed by atoms with Crippen LogP contribution in [0.1, 0.15) is 59.3 Å².